The average molecular weight is 312 g/mol. The maximum Gasteiger partial charge on any atom is 0.253 e. The molecule has 0 aliphatic heterocycles. The maximum absolute atomic E-state index is 12.5. The molecule has 122 valence electrons. The number of carbonyl (C=O) groups is 1. The lowest BCUT2D eigenvalue weighted by atomic mass is 10.1. The summed E-state index contributed by atoms with van der Waals surface area (Å²) >= 11 is 0. The second-order valence-electron chi connectivity index (χ2n) is 5.84. The van der Waals surface area contributed by atoms with Gasteiger partial charge in [-0.05, 0) is 42.8 Å². The van der Waals surface area contributed by atoms with Gasteiger partial charge >= 0.3 is 0 Å². The molecule has 0 heterocycles. The van der Waals surface area contributed by atoms with Gasteiger partial charge in [0.05, 0.1) is 6.54 Å². The zero-order chi connectivity index (χ0) is 16.8. The number of hydrogen-bond donors (Lipinski definition) is 0. The van der Waals surface area contributed by atoms with Crippen molar-refractivity contribution >= 4 is 11.6 Å². The molecule has 2 aromatic carbocycles. The van der Waals surface area contributed by atoms with Crippen molar-refractivity contribution in [1.29, 1.82) is 0 Å². The highest BCUT2D eigenvalue weighted by atomic mass is 16.5. The summed E-state index contributed by atoms with van der Waals surface area (Å²) in [6.45, 7) is 3.04. The van der Waals surface area contributed by atoms with Gasteiger partial charge in [0.2, 0.25) is 0 Å². The Balaban J connectivity index is 1.91. The Bertz CT molecular complexity index is 668. The highest BCUT2D eigenvalue weighted by Crippen LogP contribution is 2.15. The van der Waals surface area contributed by atoms with Gasteiger partial charge in [-0.2, -0.15) is 0 Å². The van der Waals surface area contributed by atoms with E-state index in [0.717, 1.165) is 17.0 Å². The molecule has 0 saturated heterocycles. The molecule has 2 rings (SSSR count). The Kier molecular flexibility index (Phi) is 5.63. The van der Waals surface area contributed by atoms with E-state index in [1.54, 1.807) is 11.9 Å². The van der Waals surface area contributed by atoms with Gasteiger partial charge in [-0.3, -0.25) is 4.79 Å². The van der Waals surface area contributed by atoms with Crippen molar-refractivity contribution < 1.29 is 9.53 Å². The number of rotatable bonds is 6. The molecule has 0 radical (unpaired) electrons. The first-order valence-corrected chi connectivity index (χ1v) is 7.69. The van der Waals surface area contributed by atoms with Crippen LogP contribution >= 0.6 is 0 Å². The number of aryl methyl sites for hydroxylation is 1. The number of anilines is 1. The van der Waals surface area contributed by atoms with Crippen molar-refractivity contribution in [3.63, 3.8) is 0 Å². The smallest absolute Gasteiger partial charge is 0.253 e. The monoisotopic (exact) mass is 312 g/mol. The van der Waals surface area contributed by atoms with Crippen LogP contribution < -0.4 is 9.64 Å². The molecule has 2 aromatic rings. The highest BCUT2D eigenvalue weighted by Gasteiger charge is 2.12. The largest absolute Gasteiger partial charge is 0.492 e. The Morgan fingerprint density at radius 1 is 1.04 bits per heavy atom. The van der Waals surface area contributed by atoms with Gasteiger partial charge < -0.3 is 14.5 Å². The molecule has 0 saturated carbocycles. The molecule has 23 heavy (non-hydrogen) atoms. The van der Waals surface area contributed by atoms with Gasteiger partial charge in [-0.15, -0.1) is 0 Å². The topological polar surface area (TPSA) is 32.8 Å². The minimum atomic E-state index is 0.00143. The Morgan fingerprint density at radius 2 is 1.78 bits per heavy atom. The Hall–Kier alpha value is -2.49. The summed E-state index contributed by atoms with van der Waals surface area (Å²) in [7, 11) is 5.72. The number of carbonyl (C=O) groups excluding carboxylic acids is 1. The SMILES string of the molecule is Cc1cccc(OCCN(C)C(=O)c2cccc(N(C)C)c2)c1. The number of likely N-dealkylation sites (N-methyl/N-ethyl adjacent to an activating group) is 1. The third kappa shape index (κ3) is 4.74. The molecule has 0 aromatic heterocycles. The fourth-order valence-electron chi connectivity index (χ4n) is 2.24. The number of nitrogens with zero attached hydrogens (tertiary/aromatic N) is 2. The molecule has 0 atom stereocenters. The molecule has 0 N–H and O–H groups in total. The first-order valence-electron chi connectivity index (χ1n) is 7.69. The second-order valence-corrected chi connectivity index (χ2v) is 5.84. The van der Waals surface area contributed by atoms with Gasteiger partial charge in [-0.1, -0.05) is 18.2 Å². The summed E-state index contributed by atoms with van der Waals surface area (Å²) in [6, 6.07) is 15.5. The van der Waals surface area contributed by atoms with E-state index in [4.69, 9.17) is 4.74 Å². The van der Waals surface area contributed by atoms with Crippen molar-refractivity contribution in [3.8, 4) is 5.75 Å². The molecule has 1 amide bonds. The summed E-state index contributed by atoms with van der Waals surface area (Å²) in [6.07, 6.45) is 0. The normalized spacial score (nSPS) is 10.3. The zero-order valence-electron chi connectivity index (χ0n) is 14.2. The van der Waals surface area contributed by atoms with E-state index in [0.29, 0.717) is 18.7 Å². The molecule has 0 unspecified atom stereocenters. The first kappa shape index (κ1) is 16.9. The van der Waals surface area contributed by atoms with Crippen molar-refractivity contribution in [2.24, 2.45) is 0 Å². The van der Waals surface area contributed by atoms with Crippen molar-refractivity contribution in [2.75, 3.05) is 39.2 Å². The van der Waals surface area contributed by atoms with Crippen molar-refractivity contribution in [2.45, 2.75) is 6.92 Å². The van der Waals surface area contributed by atoms with Crippen LogP contribution in [0.25, 0.3) is 0 Å². The number of amides is 1. The standard InChI is InChI=1S/C19H24N2O2/c1-15-7-5-10-18(13-15)23-12-11-21(4)19(22)16-8-6-9-17(14-16)20(2)3/h5-10,13-14H,11-12H2,1-4H3. The van der Waals surface area contributed by atoms with E-state index in [1.165, 1.54) is 0 Å². The van der Waals surface area contributed by atoms with Crippen LogP contribution in [-0.4, -0.2) is 45.1 Å². The van der Waals surface area contributed by atoms with E-state index in [1.807, 2.05) is 74.4 Å². The molecule has 4 heteroatoms. The summed E-state index contributed by atoms with van der Waals surface area (Å²) < 4.78 is 5.70. The Morgan fingerprint density at radius 3 is 2.48 bits per heavy atom. The third-order valence-corrected chi connectivity index (χ3v) is 3.64. The van der Waals surface area contributed by atoms with E-state index in [-0.39, 0.29) is 5.91 Å². The molecular formula is C19H24N2O2. The molecule has 0 bridgehead atoms. The van der Waals surface area contributed by atoms with Crippen LogP contribution in [0, 0.1) is 6.92 Å². The summed E-state index contributed by atoms with van der Waals surface area (Å²) in [5, 5.41) is 0. The van der Waals surface area contributed by atoms with Gasteiger partial charge in [0.15, 0.2) is 0 Å². The third-order valence-electron chi connectivity index (χ3n) is 3.64. The molecule has 4 nitrogen and oxygen atoms in total. The van der Waals surface area contributed by atoms with E-state index < -0.39 is 0 Å². The van der Waals surface area contributed by atoms with Gasteiger partial charge in [0.25, 0.3) is 5.91 Å². The van der Waals surface area contributed by atoms with Gasteiger partial charge in [-0.25, -0.2) is 0 Å². The summed E-state index contributed by atoms with van der Waals surface area (Å²) in [5.41, 5.74) is 2.86. The second kappa shape index (κ2) is 7.68. The molecule has 0 spiro atoms. The lowest BCUT2D eigenvalue weighted by Crippen LogP contribution is -2.31. The first-order chi connectivity index (χ1) is 11.0. The lowest BCUT2D eigenvalue weighted by molar-refractivity contribution is 0.0774. The van der Waals surface area contributed by atoms with Crippen LogP contribution in [0.1, 0.15) is 15.9 Å². The van der Waals surface area contributed by atoms with Crippen molar-refractivity contribution in [1.82, 2.24) is 4.90 Å². The molecule has 0 aliphatic carbocycles. The van der Waals surface area contributed by atoms with E-state index in [9.17, 15) is 4.79 Å². The zero-order valence-corrected chi connectivity index (χ0v) is 14.2. The van der Waals surface area contributed by atoms with E-state index in [2.05, 4.69) is 0 Å². The van der Waals surface area contributed by atoms with Gasteiger partial charge in [0, 0.05) is 32.4 Å². The molecule has 0 aliphatic rings. The average Bonchev–Trinajstić information content (AvgIpc) is 2.54. The van der Waals surface area contributed by atoms with Crippen LogP contribution in [0.5, 0.6) is 5.75 Å². The van der Waals surface area contributed by atoms with Gasteiger partial charge in [0.1, 0.15) is 12.4 Å². The Labute approximate surface area is 138 Å². The minimum absolute atomic E-state index is 0.00143. The number of hydrogen-bond acceptors (Lipinski definition) is 3. The van der Waals surface area contributed by atoms with Crippen molar-refractivity contribution in [3.05, 3.63) is 59.7 Å². The quantitative estimate of drug-likeness (QED) is 0.821. The van der Waals surface area contributed by atoms with Crippen LogP contribution in [0.2, 0.25) is 0 Å². The number of benzene rings is 2. The maximum atomic E-state index is 12.5. The number of ether oxygens (including phenoxy) is 1. The summed E-state index contributed by atoms with van der Waals surface area (Å²) in [5.74, 6) is 0.835. The van der Waals surface area contributed by atoms with E-state index >= 15 is 0 Å². The minimum Gasteiger partial charge on any atom is -0.492 e. The predicted octanol–water partition coefficient (Wildman–Crippen LogP) is 3.21. The fourth-order valence-corrected chi connectivity index (χ4v) is 2.24. The highest BCUT2D eigenvalue weighted by molar-refractivity contribution is 5.95. The lowest BCUT2D eigenvalue weighted by Gasteiger charge is -2.19. The fraction of sp³-hybridized carbons (Fsp3) is 0.316. The summed E-state index contributed by atoms with van der Waals surface area (Å²) in [4.78, 5) is 16.1. The van der Waals surface area contributed by atoms with Crippen LogP contribution in [0.15, 0.2) is 48.5 Å². The van der Waals surface area contributed by atoms with Crippen LogP contribution in [0.3, 0.4) is 0 Å². The molecular weight excluding hydrogens is 288 g/mol. The predicted molar refractivity (Wildman–Crippen MR) is 94.4 cm³/mol. The van der Waals surface area contributed by atoms with Crippen LogP contribution in [-0.2, 0) is 0 Å². The van der Waals surface area contributed by atoms with Crippen LogP contribution in [0.4, 0.5) is 5.69 Å². The molecule has 0 fully saturated rings.